The average molecular weight is 201 g/mol. The van der Waals surface area contributed by atoms with Crippen molar-refractivity contribution < 1.29 is 14.6 Å². The van der Waals surface area contributed by atoms with Gasteiger partial charge < -0.3 is 14.7 Å². The fraction of sp³-hybridized carbons (Fsp3) is 0.900. The second-order valence-corrected chi connectivity index (χ2v) is 3.85. The van der Waals surface area contributed by atoms with Gasteiger partial charge in [-0.1, -0.05) is 0 Å². The Balaban J connectivity index is 2.53. The molecule has 0 radical (unpaired) electrons. The normalized spacial score (nSPS) is 21.6. The van der Waals surface area contributed by atoms with E-state index in [2.05, 4.69) is 0 Å². The summed E-state index contributed by atoms with van der Waals surface area (Å²) in [6.45, 7) is 4.99. The molecular formula is C10H19NO3. The number of aliphatic hydroxyl groups is 1. The van der Waals surface area contributed by atoms with Gasteiger partial charge in [-0.05, 0) is 26.7 Å². The zero-order chi connectivity index (χ0) is 10.6. The molecule has 1 amide bonds. The van der Waals surface area contributed by atoms with E-state index in [1.807, 2.05) is 13.8 Å². The van der Waals surface area contributed by atoms with Crippen LogP contribution in [-0.4, -0.2) is 47.8 Å². The average Bonchev–Trinajstić information content (AvgIpc) is 2.65. The van der Waals surface area contributed by atoms with Crippen LogP contribution in [0.1, 0.15) is 26.7 Å². The number of carbonyl (C=O) groups is 1. The van der Waals surface area contributed by atoms with Crippen molar-refractivity contribution >= 4 is 5.91 Å². The summed E-state index contributed by atoms with van der Waals surface area (Å²) in [5.41, 5.74) is 0. The Bertz CT molecular complexity index is 188. The van der Waals surface area contributed by atoms with Crippen LogP contribution in [0.2, 0.25) is 0 Å². The molecule has 0 aliphatic carbocycles. The van der Waals surface area contributed by atoms with Gasteiger partial charge >= 0.3 is 0 Å². The van der Waals surface area contributed by atoms with Crippen molar-refractivity contribution in [1.82, 2.24) is 4.90 Å². The zero-order valence-corrected chi connectivity index (χ0v) is 8.90. The maximum atomic E-state index is 11.9. The number of amides is 1. The Morgan fingerprint density at radius 2 is 2.36 bits per heavy atom. The predicted octanol–water partition coefficient (Wildman–Crippen LogP) is 0.395. The standard InChI is InChI=1S/C10H19NO3/c1-8(2)11(5-6-12)10(13)9-4-3-7-14-9/h8-9,12H,3-7H2,1-2H3. The Morgan fingerprint density at radius 1 is 1.64 bits per heavy atom. The van der Waals surface area contributed by atoms with Crippen LogP contribution in [0.3, 0.4) is 0 Å². The lowest BCUT2D eigenvalue weighted by atomic mass is 10.2. The predicted molar refractivity (Wildman–Crippen MR) is 52.9 cm³/mol. The molecule has 0 saturated carbocycles. The van der Waals surface area contributed by atoms with E-state index in [0.717, 1.165) is 12.8 Å². The lowest BCUT2D eigenvalue weighted by Gasteiger charge is -2.28. The molecule has 0 aromatic heterocycles. The molecule has 4 heteroatoms. The molecule has 1 unspecified atom stereocenters. The fourth-order valence-electron chi connectivity index (χ4n) is 1.69. The van der Waals surface area contributed by atoms with Crippen LogP contribution in [-0.2, 0) is 9.53 Å². The van der Waals surface area contributed by atoms with E-state index in [1.165, 1.54) is 0 Å². The lowest BCUT2D eigenvalue weighted by molar-refractivity contribution is -0.143. The van der Waals surface area contributed by atoms with Crippen LogP contribution in [0.4, 0.5) is 0 Å². The van der Waals surface area contributed by atoms with E-state index in [1.54, 1.807) is 4.90 Å². The number of carbonyl (C=O) groups excluding carboxylic acids is 1. The summed E-state index contributed by atoms with van der Waals surface area (Å²) in [6, 6.07) is 0.124. The molecule has 1 aliphatic rings. The summed E-state index contributed by atoms with van der Waals surface area (Å²) in [4.78, 5) is 13.5. The molecule has 4 nitrogen and oxygen atoms in total. The largest absolute Gasteiger partial charge is 0.395 e. The number of ether oxygens (including phenoxy) is 1. The molecule has 1 fully saturated rings. The molecule has 82 valence electrons. The number of hydrogen-bond acceptors (Lipinski definition) is 3. The monoisotopic (exact) mass is 201 g/mol. The highest BCUT2D eigenvalue weighted by atomic mass is 16.5. The van der Waals surface area contributed by atoms with E-state index in [-0.39, 0.29) is 24.7 Å². The van der Waals surface area contributed by atoms with Gasteiger partial charge in [0, 0.05) is 19.2 Å². The van der Waals surface area contributed by atoms with Crippen molar-refractivity contribution in [2.75, 3.05) is 19.8 Å². The zero-order valence-electron chi connectivity index (χ0n) is 8.90. The number of hydrogen-bond donors (Lipinski definition) is 1. The number of aliphatic hydroxyl groups excluding tert-OH is 1. The van der Waals surface area contributed by atoms with Gasteiger partial charge in [-0.3, -0.25) is 4.79 Å². The van der Waals surface area contributed by atoms with Gasteiger partial charge in [0.15, 0.2) is 0 Å². The van der Waals surface area contributed by atoms with E-state index in [4.69, 9.17) is 9.84 Å². The smallest absolute Gasteiger partial charge is 0.252 e. The molecular weight excluding hydrogens is 182 g/mol. The minimum atomic E-state index is -0.274. The van der Waals surface area contributed by atoms with Crippen molar-refractivity contribution in [3.63, 3.8) is 0 Å². The number of nitrogens with zero attached hydrogens (tertiary/aromatic N) is 1. The van der Waals surface area contributed by atoms with Crippen molar-refractivity contribution in [2.45, 2.75) is 38.8 Å². The van der Waals surface area contributed by atoms with Gasteiger partial charge in [0.2, 0.25) is 0 Å². The number of rotatable bonds is 4. The van der Waals surface area contributed by atoms with Crippen LogP contribution >= 0.6 is 0 Å². The van der Waals surface area contributed by atoms with Crippen molar-refractivity contribution in [3.8, 4) is 0 Å². The Kier molecular flexibility index (Phi) is 4.35. The molecule has 1 atom stereocenters. The van der Waals surface area contributed by atoms with Gasteiger partial charge in [-0.2, -0.15) is 0 Å². The SMILES string of the molecule is CC(C)N(CCO)C(=O)C1CCCO1. The summed E-state index contributed by atoms with van der Waals surface area (Å²) >= 11 is 0. The van der Waals surface area contributed by atoms with Gasteiger partial charge in [0.1, 0.15) is 6.10 Å². The maximum absolute atomic E-state index is 11.9. The van der Waals surface area contributed by atoms with Crippen LogP contribution < -0.4 is 0 Å². The molecule has 1 aliphatic heterocycles. The molecule has 0 bridgehead atoms. The first-order valence-corrected chi connectivity index (χ1v) is 5.19. The van der Waals surface area contributed by atoms with E-state index in [0.29, 0.717) is 13.2 Å². The Labute approximate surface area is 84.8 Å². The molecule has 14 heavy (non-hydrogen) atoms. The maximum Gasteiger partial charge on any atom is 0.252 e. The second-order valence-electron chi connectivity index (χ2n) is 3.85. The lowest BCUT2D eigenvalue weighted by Crippen LogP contribution is -2.44. The summed E-state index contributed by atoms with van der Waals surface area (Å²) < 4.78 is 5.32. The van der Waals surface area contributed by atoms with Crippen molar-refractivity contribution in [3.05, 3.63) is 0 Å². The topological polar surface area (TPSA) is 49.8 Å². The van der Waals surface area contributed by atoms with Crippen LogP contribution in [0.5, 0.6) is 0 Å². The van der Waals surface area contributed by atoms with E-state index >= 15 is 0 Å². The van der Waals surface area contributed by atoms with Gasteiger partial charge in [0.25, 0.3) is 5.91 Å². The molecule has 0 spiro atoms. The van der Waals surface area contributed by atoms with Gasteiger partial charge in [0.05, 0.1) is 6.61 Å². The molecule has 1 rings (SSSR count). The quantitative estimate of drug-likeness (QED) is 0.716. The summed E-state index contributed by atoms with van der Waals surface area (Å²) in [5, 5.41) is 8.84. The summed E-state index contributed by atoms with van der Waals surface area (Å²) in [5.74, 6) is 0.0200. The van der Waals surface area contributed by atoms with E-state index < -0.39 is 0 Å². The Hall–Kier alpha value is -0.610. The van der Waals surface area contributed by atoms with E-state index in [9.17, 15) is 4.79 Å². The van der Waals surface area contributed by atoms with Crippen LogP contribution in [0.15, 0.2) is 0 Å². The third kappa shape index (κ3) is 2.69. The second kappa shape index (κ2) is 5.32. The highest BCUT2D eigenvalue weighted by Crippen LogP contribution is 2.15. The highest BCUT2D eigenvalue weighted by molar-refractivity contribution is 5.81. The fourth-order valence-corrected chi connectivity index (χ4v) is 1.69. The molecule has 1 N–H and O–H groups in total. The molecule has 1 saturated heterocycles. The first kappa shape index (κ1) is 11.5. The first-order valence-electron chi connectivity index (χ1n) is 5.19. The third-order valence-corrected chi connectivity index (χ3v) is 2.45. The third-order valence-electron chi connectivity index (χ3n) is 2.45. The first-order chi connectivity index (χ1) is 6.66. The highest BCUT2D eigenvalue weighted by Gasteiger charge is 2.29. The molecule has 1 heterocycles. The minimum Gasteiger partial charge on any atom is -0.395 e. The Morgan fingerprint density at radius 3 is 2.79 bits per heavy atom. The minimum absolute atomic E-state index is 0.0106. The van der Waals surface area contributed by atoms with Crippen molar-refractivity contribution in [2.24, 2.45) is 0 Å². The van der Waals surface area contributed by atoms with Gasteiger partial charge in [-0.15, -0.1) is 0 Å². The van der Waals surface area contributed by atoms with Crippen molar-refractivity contribution in [1.29, 1.82) is 0 Å². The summed E-state index contributed by atoms with van der Waals surface area (Å²) in [7, 11) is 0. The van der Waals surface area contributed by atoms with Gasteiger partial charge in [-0.25, -0.2) is 0 Å². The molecule has 0 aromatic carbocycles. The summed E-state index contributed by atoms with van der Waals surface area (Å²) in [6.07, 6.45) is 1.50. The van der Waals surface area contributed by atoms with Crippen LogP contribution in [0.25, 0.3) is 0 Å². The van der Waals surface area contributed by atoms with Crippen LogP contribution in [0, 0.1) is 0 Å². The molecule has 0 aromatic rings.